The van der Waals surface area contributed by atoms with Gasteiger partial charge in [-0.3, -0.25) is 14.8 Å². The Labute approximate surface area is 225 Å². The highest BCUT2D eigenvalue weighted by Gasteiger charge is 2.46. The molecular formula is C28H34F3N5O3. The van der Waals surface area contributed by atoms with Crippen molar-refractivity contribution in [1.29, 1.82) is 0 Å². The molecule has 3 heterocycles. The van der Waals surface area contributed by atoms with E-state index in [0.717, 1.165) is 11.8 Å². The van der Waals surface area contributed by atoms with E-state index in [1.54, 1.807) is 6.07 Å². The van der Waals surface area contributed by atoms with Gasteiger partial charge in [0, 0.05) is 41.9 Å². The van der Waals surface area contributed by atoms with Crippen LogP contribution in [0.4, 0.5) is 24.8 Å². The van der Waals surface area contributed by atoms with Crippen LogP contribution in [-0.4, -0.2) is 48.9 Å². The normalized spacial score (nSPS) is 20.3. The molecular weight excluding hydrogens is 511 g/mol. The number of nitrogens with zero attached hydrogens (tertiary/aromatic N) is 3. The summed E-state index contributed by atoms with van der Waals surface area (Å²) in [5.74, 6) is -3.02. The molecule has 1 aliphatic heterocycles. The first-order chi connectivity index (χ1) is 18.3. The van der Waals surface area contributed by atoms with Crippen LogP contribution in [0.3, 0.4) is 0 Å². The smallest absolute Gasteiger partial charge is 0.310 e. The number of aliphatic carboxylic acids is 1. The predicted molar refractivity (Wildman–Crippen MR) is 140 cm³/mol. The minimum atomic E-state index is -1.56. The van der Waals surface area contributed by atoms with Crippen LogP contribution in [0, 0.1) is 29.8 Å². The third-order valence-electron chi connectivity index (χ3n) is 7.50. The zero-order valence-corrected chi connectivity index (χ0v) is 22.5. The summed E-state index contributed by atoms with van der Waals surface area (Å²) in [5, 5.41) is 31.0. The second kappa shape index (κ2) is 11.0. The molecule has 1 saturated heterocycles. The van der Waals surface area contributed by atoms with Crippen molar-refractivity contribution in [2.24, 2.45) is 5.41 Å². The second-order valence-electron chi connectivity index (χ2n) is 10.9. The van der Waals surface area contributed by atoms with Gasteiger partial charge in [0.25, 0.3) is 0 Å². The van der Waals surface area contributed by atoms with E-state index in [-0.39, 0.29) is 54.5 Å². The van der Waals surface area contributed by atoms with Crippen LogP contribution in [0.2, 0.25) is 0 Å². The van der Waals surface area contributed by atoms with E-state index >= 15 is 4.39 Å². The Bertz CT molecular complexity index is 1360. The number of hydrogen-bond acceptors (Lipinski definition) is 6. The molecule has 0 spiro atoms. The summed E-state index contributed by atoms with van der Waals surface area (Å²) in [4.78, 5) is 19.1. The fourth-order valence-electron chi connectivity index (χ4n) is 5.30. The number of H-pyrrole nitrogens is 1. The van der Waals surface area contributed by atoms with Crippen LogP contribution in [0.25, 0.3) is 0 Å². The van der Waals surface area contributed by atoms with Crippen molar-refractivity contribution in [1.82, 2.24) is 20.1 Å². The van der Waals surface area contributed by atoms with Crippen molar-refractivity contribution < 1.29 is 28.2 Å². The lowest BCUT2D eigenvalue weighted by atomic mass is 9.71. The molecule has 4 rings (SSSR count). The number of aliphatic hydroxyl groups is 1. The number of halogens is 3. The fourth-order valence-corrected chi connectivity index (χ4v) is 5.30. The van der Waals surface area contributed by atoms with E-state index in [2.05, 4.69) is 20.5 Å². The number of aromatic nitrogens is 3. The first kappa shape index (κ1) is 28.6. The monoisotopic (exact) mass is 545 g/mol. The maximum atomic E-state index is 15.8. The summed E-state index contributed by atoms with van der Waals surface area (Å²) in [6.07, 6.45) is 0.692. The van der Waals surface area contributed by atoms with Crippen LogP contribution in [-0.2, 0) is 23.4 Å². The molecule has 0 aliphatic carbocycles. The van der Waals surface area contributed by atoms with Gasteiger partial charge in [0.1, 0.15) is 5.82 Å². The number of benzene rings is 1. The predicted octanol–water partition coefficient (Wildman–Crippen LogP) is 5.19. The largest absolute Gasteiger partial charge is 0.481 e. The van der Waals surface area contributed by atoms with Crippen molar-refractivity contribution in [2.45, 2.75) is 71.6 Å². The highest BCUT2D eigenvalue weighted by molar-refractivity contribution is 5.75. The van der Waals surface area contributed by atoms with E-state index in [4.69, 9.17) is 0 Å². The van der Waals surface area contributed by atoms with Crippen LogP contribution < -0.4 is 5.32 Å². The Balaban J connectivity index is 1.65. The molecule has 39 heavy (non-hydrogen) atoms. The van der Waals surface area contributed by atoms with Gasteiger partial charge in [0.15, 0.2) is 23.3 Å². The van der Waals surface area contributed by atoms with Crippen molar-refractivity contribution in [2.75, 3.05) is 11.9 Å². The van der Waals surface area contributed by atoms with Crippen LogP contribution in [0.5, 0.6) is 0 Å². The van der Waals surface area contributed by atoms with Gasteiger partial charge in [-0.1, -0.05) is 19.1 Å². The minimum Gasteiger partial charge on any atom is -0.481 e. The molecule has 0 radical (unpaired) electrons. The Morgan fingerprint density at radius 1 is 1.23 bits per heavy atom. The van der Waals surface area contributed by atoms with Crippen LogP contribution >= 0.6 is 0 Å². The average Bonchev–Trinajstić information content (AvgIpc) is 3.28. The lowest BCUT2D eigenvalue weighted by Gasteiger charge is -2.44. The summed E-state index contributed by atoms with van der Waals surface area (Å²) < 4.78 is 43.9. The molecule has 0 saturated carbocycles. The van der Waals surface area contributed by atoms with Gasteiger partial charge in [0.2, 0.25) is 0 Å². The average molecular weight is 546 g/mol. The minimum absolute atomic E-state index is 0.0196. The summed E-state index contributed by atoms with van der Waals surface area (Å²) in [6.45, 7) is 7.05. The topological polar surface area (TPSA) is 114 Å². The van der Waals surface area contributed by atoms with E-state index < -0.39 is 34.4 Å². The molecule has 0 unspecified atom stereocenters. The van der Waals surface area contributed by atoms with Crippen molar-refractivity contribution in [3.8, 4) is 0 Å². The van der Waals surface area contributed by atoms with Gasteiger partial charge in [-0.15, -0.1) is 0 Å². The SMILES string of the molecule is CC[C@@H]1C[C@](Cc2nc(Nc3cc(C)[nH]n3)cc(C(C)(C)O)c2F)(C(=O)O)CCN1Cc1cccc(F)c1F. The first-order valence-electron chi connectivity index (χ1n) is 12.9. The molecule has 210 valence electrons. The van der Waals surface area contributed by atoms with Crippen LogP contribution in [0.15, 0.2) is 30.3 Å². The zero-order chi connectivity index (χ0) is 28.5. The summed E-state index contributed by atoms with van der Waals surface area (Å²) in [7, 11) is 0. The van der Waals surface area contributed by atoms with Gasteiger partial charge in [-0.05, 0) is 58.7 Å². The van der Waals surface area contributed by atoms with Crippen LogP contribution in [0.1, 0.15) is 62.5 Å². The fraction of sp³-hybridized carbons (Fsp3) is 0.464. The Morgan fingerprint density at radius 2 is 1.97 bits per heavy atom. The van der Waals surface area contributed by atoms with E-state index in [1.165, 1.54) is 32.0 Å². The number of anilines is 2. The maximum Gasteiger partial charge on any atom is 0.310 e. The van der Waals surface area contributed by atoms with Gasteiger partial charge in [-0.25, -0.2) is 18.2 Å². The second-order valence-corrected chi connectivity index (χ2v) is 10.9. The number of hydrogen-bond donors (Lipinski definition) is 4. The molecule has 3 aromatic rings. The molecule has 11 heteroatoms. The third kappa shape index (κ3) is 6.09. The quantitative estimate of drug-likeness (QED) is 0.293. The lowest BCUT2D eigenvalue weighted by molar-refractivity contribution is -0.154. The Morgan fingerprint density at radius 3 is 2.59 bits per heavy atom. The number of piperidine rings is 1. The first-order valence-corrected chi connectivity index (χ1v) is 12.9. The third-order valence-corrected chi connectivity index (χ3v) is 7.50. The number of rotatable bonds is 9. The highest BCUT2D eigenvalue weighted by Crippen LogP contribution is 2.41. The Kier molecular flexibility index (Phi) is 8.04. The van der Waals surface area contributed by atoms with E-state index in [0.29, 0.717) is 18.8 Å². The number of carboxylic acid groups (broad SMARTS) is 1. The number of nitrogens with one attached hydrogen (secondary N) is 2. The molecule has 2 atom stereocenters. The van der Waals surface area contributed by atoms with Gasteiger partial charge < -0.3 is 15.5 Å². The summed E-state index contributed by atoms with van der Waals surface area (Å²) in [6, 6.07) is 6.88. The maximum absolute atomic E-state index is 15.8. The number of likely N-dealkylation sites (tertiary alicyclic amines) is 1. The zero-order valence-electron chi connectivity index (χ0n) is 22.5. The lowest BCUT2D eigenvalue weighted by Crippen LogP contribution is -2.50. The van der Waals surface area contributed by atoms with Gasteiger partial charge in [-0.2, -0.15) is 5.10 Å². The number of carboxylic acids is 1. The molecule has 8 nitrogen and oxygen atoms in total. The highest BCUT2D eigenvalue weighted by atomic mass is 19.2. The molecule has 4 N–H and O–H groups in total. The molecule has 0 amide bonds. The molecule has 2 aromatic heterocycles. The molecule has 1 fully saturated rings. The van der Waals surface area contributed by atoms with Crippen molar-refractivity contribution in [3.05, 3.63) is 70.3 Å². The van der Waals surface area contributed by atoms with Gasteiger partial charge in [0.05, 0.1) is 16.7 Å². The van der Waals surface area contributed by atoms with E-state index in [9.17, 15) is 23.8 Å². The van der Waals surface area contributed by atoms with Gasteiger partial charge >= 0.3 is 5.97 Å². The summed E-state index contributed by atoms with van der Waals surface area (Å²) in [5.41, 5.74) is -2.00. The van der Waals surface area contributed by atoms with Crippen molar-refractivity contribution in [3.63, 3.8) is 0 Å². The number of aromatic amines is 1. The number of pyridine rings is 1. The summed E-state index contributed by atoms with van der Waals surface area (Å²) >= 11 is 0. The number of aryl methyl sites for hydroxylation is 1. The Hall–Kier alpha value is -3.44. The molecule has 0 bridgehead atoms. The number of carbonyl (C=O) groups is 1. The molecule has 1 aromatic carbocycles. The molecule has 1 aliphatic rings. The standard InChI is InChI=1S/C28H34F3N5O3/c1-5-18-13-28(26(37)38,9-10-36(18)15-17-7-6-8-20(29)24(17)30)14-21-25(31)19(27(3,4)39)12-22(32-21)33-23-11-16(2)34-35-23/h6-8,11-12,18,39H,5,9-10,13-15H2,1-4H3,(H,37,38)(H2,32,33,34,35)/t18-,28-/m1/s1. The van der Waals surface area contributed by atoms with Crippen molar-refractivity contribution >= 4 is 17.6 Å². The van der Waals surface area contributed by atoms with E-state index in [1.807, 2.05) is 18.7 Å².